The summed E-state index contributed by atoms with van der Waals surface area (Å²) in [6.45, 7) is 1.92. The molecule has 0 bridgehead atoms. The molecule has 0 aliphatic rings. The zero-order chi connectivity index (χ0) is 13.1. The van der Waals surface area contributed by atoms with Gasteiger partial charge in [-0.2, -0.15) is 5.26 Å². The SMILES string of the molecule is COc1ccc(-c2cc[nH]c(=O)c2C#N)cc1C. The Kier molecular flexibility index (Phi) is 3.16. The summed E-state index contributed by atoms with van der Waals surface area (Å²) in [6.07, 6.45) is 1.54. The van der Waals surface area contributed by atoms with Gasteiger partial charge in [-0.15, -0.1) is 0 Å². The van der Waals surface area contributed by atoms with Gasteiger partial charge in [0, 0.05) is 11.8 Å². The van der Waals surface area contributed by atoms with Crippen LogP contribution in [0.3, 0.4) is 0 Å². The fraction of sp³-hybridized carbons (Fsp3) is 0.143. The average molecular weight is 240 g/mol. The summed E-state index contributed by atoms with van der Waals surface area (Å²) in [5.41, 5.74) is 2.17. The van der Waals surface area contributed by atoms with Crippen molar-refractivity contribution in [3.8, 4) is 22.9 Å². The molecule has 1 N–H and O–H groups in total. The Hall–Kier alpha value is -2.54. The van der Waals surface area contributed by atoms with E-state index < -0.39 is 0 Å². The molecule has 0 spiro atoms. The standard InChI is InChI=1S/C14H12N2O2/c1-9-7-10(3-4-13(9)18-2)11-5-6-16-14(17)12(11)8-15/h3-7H,1-2H3,(H,16,17). The van der Waals surface area contributed by atoms with Crippen molar-refractivity contribution in [2.75, 3.05) is 7.11 Å². The largest absolute Gasteiger partial charge is 0.496 e. The molecule has 0 saturated heterocycles. The van der Waals surface area contributed by atoms with E-state index in [-0.39, 0.29) is 11.1 Å². The number of aryl methyl sites for hydroxylation is 1. The van der Waals surface area contributed by atoms with E-state index in [9.17, 15) is 4.79 Å². The molecule has 2 rings (SSSR count). The van der Waals surface area contributed by atoms with E-state index in [0.717, 1.165) is 16.9 Å². The van der Waals surface area contributed by atoms with Gasteiger partial charge in [0.25, 0.3) is 5.56 Å². The summed E-state index contributed by atoms with van der Waals surface area (Å²) in [4.78, 5) is 14.0. The van der Waals surface area contributed by atoms with Gasteiger partial charge in [0.05, 0.1) is 7.11 Å². The first-order chi connectivity index (χ1) is 8.67. The lowest BCUT2D eigenvalue weighted by Gasteiger charge is -2.08. The Morgan fingerprint density at radius 2 is 2.11 bits per heavy atom. The number of aromatic nitrogens is 1. The number of nitrogens with zero attached hydrogens (tertiary/aromatic N) is 1. The summed E-state index contributed by atoms with van der Waals surface area (Å²) < 4.78 is 5.18. The quantitative estimate of drug-likeness (QED) is 0.875. The number of ether oxygens (including phenoxy) is 1. The molecule has 0 unspecified atom stereocenters. The summed E-state index contributed by atoms with van der Waals surface area (Å²) in [6, 6.07) is 9.22. The Bertz CT molecular complexity index is 681. The zero-order valence-electron chi connectivity index (χ0n) is 10.2. The van der Waals surface area contributed by atoms with Crippen molar-refractivity contribution >= 4 is 0 Å². The van der Waals surface area contributed by atoms with Gasteiger partial charge in [-0.1, -0.05) is 6.07 Å². The van der Waals surface area contributed by atoms with Crippen LogP contribution in [0.2, 0.25) is 0 Å². The van der Waals surface area contributed by atoms with Crippen LogP contribution in [0.5, 0.6) is 5.75 Å². The topological polar surface area (TPSA) is 65.9 Å². The molecule has 4 heteroatoms. The minimum Gasteiger partial charge on any atom is -0.496 e. The van der Waals surface area contributed by atoms with Crippen LogP contribution in [0, 0.1) is 18.3 Å². The third-order valence-corrected chi connectivity index (χ3v) is 2.78. The molecule has 0 aliphatic heterocycles. The van der Waals surface area contributed by atoms with Gasteiger partial charge in [0.1, 0.15) is 17.4 Å². The lowest BCUT2D eigenvalue weighted by atomic mass is 10.0. The van der Waals surface area contributed by atoms with Crippen molar-refractivity contribution in [3.63, 3.8) is 0 Å². The summed E-state index contributed by atoms with van der Waals surface area (Å²) in [5.74, 6) is 0.780. The maximum absolute atomic E-state index is 11.5. The summed E-state index contributed by atoms with van der Waals surface area (Å²) in [5, 5.41) is 9.04. The predicted octanol–water partition coefficient (Wildman–Crippen LogP) is 2.23. The van der Waals surface area contributed by atoms with E-state index in [2.05, 4.69) is 4.98 Å². The summed E-state index contributed by atoms with van der Waals surface area (Å²) >= 11 is 0. The number of benzene rings is 1. The zero-order valence-corrected chi connectivity index (χ0v) is 10.2. The van der Waals surface area contributed by atoms with Crippen LogP contribution >= 0.6 is 0 Å². The van der Waals surface area contributed by atoms with Crippen LogP contribution < -0.4 is 10.3 Å². The second-order valence-corrected chi connectivity index (χ2v) is 3.89. The highest BCUT2D eigenvalue weighted by molar-refractivity contribution is 5.71. The highest BCUT2D eigenvalue weighted by Crippen LogP contribution is 2.26. The first-order valence-corrected chi connectivity index (χ1v) is 5.44. The lowest BCUT2D eigenvalue weighted by molar-refractivity contribution is 0.412. The number of pyridine rings is 1. The first kappa shape index (κ1) is 11.9. The van der Waals surface area contributed by atoms with E-state index in [1.165, 1.54) is 6.20 Å². The van der Waals surface area contributed by atoms with Crippen LogP contribution in [-0.2, 0) is 0 Å². The van der Waals surface area contributed by atoms with Crippen molar-refractivity contribution in [2.24, 2.45) is 0 Å². The van der Waals surface area contributed by atoms with E-state index in [4.69, 9.17) is 10.00 Å². The number of hydrogen-bond acceptors (Lipinski definition) is 3. The average Bonchev–Trinajstić information content (AvgIpc) is 2.38. The molecule has 1 heterocycles. The third kappa shape index (κ3) is 1.98. The van der Waals surface area contributed by atoms with E-state index in [1.807, 2.05) is 31.2 Å². The number of aromatic amines is 1. The third-order valence-electron chi connectivity index (χ3n) is 2.78. The Morgan fingerprint density at radius 1 is 1.33 bits per heavy atom. The molecule has 0 radical (unpaired) electrons. The Balaban J connectivity index is 2.64. The highest BCUT2D eigenvalue weighted by Gasteiger charge is 2.09. The molecule has 18 heavy (non-hydrogen) atoms. The molecule has 4 nitrogen and oxygen atoms in total. The maximum Gasteiger partial charge on any atom is 0.266 e. The van der Waals surface area contributed by atoms with E-state index in [0.29, 0.717) is 5.56 Å². The minimum absolute atomic E-state index is 0.127. The van der Waals surface area contributed by atoms with Crippen molar-refractivity contribution in [3.05, 3.63) is 51.9 Å². The number of nitriles is 1. The number of methoxy groups -OCH3 is 1. The number of hydrogen-bond donors (Lipinski definition) is 1. The molecule has 1 aromatic carbocycles. The van der Waals surface area contributed by atoms with Gasteiger partial charge in [-0.3, -0.25) is 4.79 Å². The molecular weight excluding hydrogens is 228 g/mol. The fourth-order valence-corrected chi connectivity index (χ4v) is 1.88. The number of rotatable bonds is 2. The van der Waals surface area contributed by atoms with Crippen LogP contribution in [-0.4, -0.2) is 12.1 Å². The Labute approximate surface area is 104 Å². The summed E-state index contributed by atoms with van der Waals surface area (Å²) in [7, 11) is 1.61. The van der Waals surface area contributed by atoms with Gasteiger partial charge in [-0.05, 0) is 36.2 Å². The smallest absolute Gasteiger partial charge is 0.266 e. The molecule has 2 aromatic rings. The first-order valence-electron chi connectivity index (χ1n) is 5.44. The molecule has 90 valence electrons. The molecule has 0 saturated carbocycles. The molecule has 0 amide bonds. The molecule has 1 aromatic heterocycles. The van der Waals surface area contributed by atoms with Crippen molar-refractivity contribution in [2.45, 2.75) is 6.92 Å². The van der Waals surface area contributed by atoms with Crippen LogP contribution in [0.1, 0.15) is 11.1 Å². The van der Waals surface area contributed by atoms with Crippen molar-refractivity contribution < 1.29 is 4.74 Å². The molecule has 0 atom stereocenters. The monoisotopic (exact) mass is 240 g/mol. The number of H-pyrrole nitrogens is 1. The van der Waals surface area contributed by atoms with Crippen LogP contribution in [0.4, 0.5) is 0 Å². The second kappa shape index (κ2) is 4.76. The van der Waals surface area contributed by atoms with E-state index in [1.54, 1.807) is 13.2 Å². The second-order valence-electron chi connectivity index (χ2n) is 3.89. The maximum atomic E-state index is 11.5. The predicted molar refractivity (Wildman–Crippen MR) is 68.5 cm³/mol. The normalized spacial score (nSPS) is 9.83. The molecule has 0 fully saturated rings. The van der Waals surface area contributed by atoms with Gasteiger partial charge in [0.15, 0.2) is 0 Å². The van der Waals surface area contributed by atoms with Gasteiger partial charge in [-0.25, -0.2) is 0 Å². The molecule has 0 aliphatic carbocycles. The highest BCUT2D eigenvalue weighted by atomic mass is 16.5. The van der Waals surface area contributed by atoms with Gasteiger partial charge in [0.2, 0.25) is 0 Å². The van der Waals surface area contributed by atoms with E-state index >= 15 is 0 Å². The minimum atomic E-state index is -0.372. The lowest BCUT2D eigenvalue weighted by Crippen LogP contribution is -2.10. The van der Waals surface area contributed by atoms with Crippen LogP contribution in [0.15, 0.2) is 35.3 Å². The number of nitrogens with one attached hydrogen (secondary N) is 1. The Morgan fingerprint density at radius 3 is 2.72 bits per heavy atom. The van der Waals surface area contributed by atoms with Gasteiger partial charge < -0.3 is 9.72 Å². The molecular formula is C14H12N2O2. The fourth-order valence-electron chi connectivity index (χ4n) is 1.88. The van der Waals surface area contributed by atoms with Gasteiger partial charge >= 0.3 is 0 Å². The van der Waals surface area contributed by atoms with Crippen molar-refractivity contribution in [1.29, 1.82) is 5.26 Å². The van der Waals surface area contributed by atoms with Crippen molar-refractivity contribution in [1.82, 2.24) is 4.98 Å². The van der Waals surface area contributed by atoms with Crippen LogP contribution in [0.25, 0.3) is 11.1 Å².